The van der Waals surface area contributed by atoms with Gasteiger partial charge in [0.15, 0.2) is 0 Å². The Bertz CT molecular complexity index is 637. The van der Waals surface area contributed by atoms with Crippen molar-refractivity contribution in [1.82, 2.24) is 4.31 Å². The molecule has 1 saturated heterocycles. The van der Waals surface area contributed by atoms with Crippen LogP contribution in [0.2, 0.25) is 0 Å². The summed E-state index contributed by atoms with van der Waals surface area (Å²) in [4.78, 5) is 12.6. The summed E-state index contributed by atoms with van der Waals surface area (Å²) in [6.45, 7) is 1.17. The van der Waals surface area contributed by atoms with E-state index in [1.165, 1.54) is 16.1 Å². The van der Waals surface area contributed by atoms with Crippen LogP contribution in [0.25, 0.3) is 0 Å². The standard InChI is InChI=1S/C13H16N2O3S2/c16-13-9-19-12-5-4-10(8-11(12)14-13)20(17,18)15-6-2-1-3-7-15/h4-5,8H,1-3,6-7,9H2,(H,14,16). The third kappa shape index (κ3) is 2.57. The number of fused-ring (bicyclic) bond motifs is 1. The number of piperidine rings is 1. The maximum Gasteiger partial charge on any atom is 0.243 e. The van der Waals surface area contributed by atoms with Gasteiger partial charge in [-0.2, -0.15) is 4.31 Å². The quantitative estimate of drug-likeness (QED) is 0.906. The zero-order chi connectivity index (χ0) is 14.2. The molecule has 7 heteroatoms. The minimum Gasteiger partial charge on any atom is -0.324 e. The molecule has 0 saturated carbocycles. The number of hydrogen-bond donors (Lipinski definition) is 1. The van der Waals surface area contributed by atoms with E-state index < -0.39 is 10.0 Å². The molecule has 0 radical (unpaired) electrons. The van der Waals surface area contributed by atoms with Crippen LogP contribution in [0, 0.1) is 0 Å². The first-order valence-electron chi connectivity index (χ1n) is 6.64. The fourth-order valence-corrected chi connectivity index (χ4v) is 4.81. The van der Waals surface area contributed by atoms with Crippen molar-refractivity contribution in [2.24, 2.45) is 0 Å². The number of benzene rings is 1. The maximum atomic E-state index is 12.6. The van der Waals surface area contributed by atoms with E-state index in [-0.39, 0.29) is 10.8 Å². The van der Waals surface area contributed by atoms with Gasteiger partial charge in [0.2, 0.25) is 15.9 Å². The third-order valence-corrected chi connectivity index (χ3v) is 6.50. The molecule has 20 heavy (non-hydrogen) atoms. The lowest BCUT2D eigenvalue weighted by atomic mass is 10.2. The van der Waals surface area contributed by atoms with Crippen LogP contribution in [0.4, 0.5) is 5.69 Å². The molecule has 0 aliphatic carbocycles. The second kappa shape index (κ2) is 5.38. The molecule has 1 aromatic carbocycles. The Labute approximate surface area is 122 Å². The lowest BCUT2D eigenvalue weighted by Crippen LogP contribution is -2.35. The topological polar surface area (TPSA) is 66.5 Å². The number of anilines is 1. The molecule has 0 spiro atoms. The monoisotopic (exact) mass is 312 g/mol. The molecule has 2 aliphatic heterocycles. The van der Waals surface area contributed by atoms with E-state index >= 15 is 0 Å². The number of hydrogen-bond acceptors (Lipinski definition) is 4. The summed E-state index contributed by atoms with van der Waals surface area (Å²) in [7, 11) is -3.44. The largest absolute Gasteiger partial charge is 0.324 e. The summed E-state index contributed by atoms with van der Waals surface area (Å²) < 4.78 is 26.7. The molecule has 0 aromatic heterocycles. The molecule has 2 heterocycles. The Morgan fingerprint density at radius 2 is 1.90 bits per heavy atom. The van der Waals surface area contributed by atoms with Crippen LogP contribution in [0.3, 0.4) is 0 Å². The molecule has 1 aromatic rings. The number of sulfonamides is 1. The number of carbonyl (C=O) groups excluding carboxylic acids is 1. The zero-order valence-corrected chi connectivity index (χ0v) is 12.6. The summed E-state index contributed by atoms with van der Waals surface area (Å²) in [6.07, 6.45) is 2.91. The van der Waals surface area contributed by atoms with Crippen molar-refractivity contribution < 1.29 is 13.2 Å². The van der Waals surface area contributed by atoms with Crippen LogP contribution in [0.1, 0.15) is 19.3 Å². The normalized spacial score (nSPS) is 20.3. The van der Waals surface area contributed by atoms with Crippen molar-refractivity contribution in [3.05, 3.63) is 18.2 Å². The van der Waals surface area contributed by atoms with Crippen molar-refractivity contribution >= 4 is 33.4 Å². The molecule has 5 nitrogen and oxygen atoms in total. The van der Waals surface area contributed by atoms with E-state index in [4.69, 9.17) is 0 Å². The molecular formula is C13H16N2O3S2. The summed E-state index contributed by atoms with van der Waals surface area (Å²) in [5.41, 5.74) is 0.601. The van der Waals surface area contributed by atoms with Crippen LogP contribution < -0.4 is 5.32 Å². The van der Waals surface area contributed by atoms with Gasteiger partial charge in [-0.05, 0) is 31.0 Å². The molecule has 3 rings (SSSR count). The predicted octanol–water partition coefficient (Wildman–Crippen LogP) is 1.91. The second-order valence-corrected chi connectivity index (χ2v) is 7.91. The highest BCUT2D eigenvalue weighted by Crippen LogP contribution is 2.34. The number of amides is 1. The average Bonchev–Trinajstić information content (AvgIpc) is 2.47. The Hall–Kier alpha value is -1.05. The van der Waals surface area contributed by atoms with Crippen LogP contribution in [-0.4, -0.2) is 37.5 Å². The van der Waals surface area contributed by atoms with Gasteiger partial charge in [0.05, 0.1) is 16.3 Å². The predicted molar refractivity (Wildman–Crippen MR) is 78.4 cm³/mol. The zero-order valence-electron chi connectivity index (χ0n) is 11.0. The van der Waals surface area contributed by atoms with Crippen LogP contribution in [0.15, 0.2) is 28.0 Å². The highest BCUT2D eigenvalue weighted by Gasteiger charge is 2.27. The van der Waals surface area contributed by atoms with Gasteiger partial charge in [-0.1, -0.05) is 6.42 Å². The molecule has 108 valence electrons. The van der Waals surface area contributed by atoms with E-state index in [1.54, 1.807) is 18.2 Å². The molecule has 1 amide bonds. The highest BCUT2D eigenvalue weighted by molar-refractivity contribution is 8.00. The van der Waals surface area contributed by atoms with Crippen LogP contribution >= 0.6 is 11.8 Å². The van der Waals surface area contributed by atoms with Gasteiger partial charge in [-0.3, -0.25) is 4.79 Å². The molecule has 0 unspecified atom stereocenters. The average molecular weight is 312 g/mol. The fourth-order valence-electron chi connectivity index (χ4n) is 2.48. The molecular weight excluding hydrogens is 296 g/mol. The van der Waals surface area contributed by atoms with Crippen molar-refractivity contribution in [2.45, 2.75) is 29.1 Å². The summed E-state index contributed by atoms with van der Waals surface area (Å²) >= 11 is 1.43. The molecule has 1 fully saturated rings. The second-order valence-electron chi connectivity index (χ2n) is 4.96. The number of carbonyl (C=O) groups is 1. The van der Waals surface area contributed by atoms with Gasteiger partial charge >= 0.3 is 0 Å². The highest BCUT2D eigenvalue weighted by atomic mass is 32.2. The van der Waals surface area contributed by atoms with Crippen LogP contribution in [0.5, 0.6) is 0 Å². The van der Waals surface area contributed by atoms with Gasteiger partial charge in [0.25, 0.3) is 0 Å². The first-order chi connectivity index (χ1) is 9.57. The lowest BCUT2D eigenvalue weighted by molar-refractivity contribution is -0.113. The van der Waals surface area contributed by atoms with Crippen molar-refractivity contribution in [2.75, 3.05) is 24.2 Å². The number of nitrogens with one attached hydrogen (secondary N) is 1. The summed E-state index contributed by atoms with van der Waals surface area (Å²) in [5.74, 6) is 0.292. The number of nitrogens with zero attached hydrogens (tertiary/aromatic N) is 1. The van der Waals surface area contributed by atoms with E-state index in [9.17, 15) is 13.2 Å². The minimum absolute atomic E-state index is 0.0879. The summed E-state index contributed by atoms with van der Waals surface area (Å²) in [5, 5.41) is 2.73. The fraction of sp³-hybridized carbons (Fsp3) is 0.462. The van der Waals surface area contributed by atoms with Gasteiger partial charge in [-0.15, -0.1) is 11.8 Å². The van der Waals surface area contributed by atoms with Crippen LogP contribution in [-0.2, 0) is 14.8 Å². The van der Waals surface area contributed by atoms with Gasteiger partial charge in [0, 0.05) is 18.0 Å². The summed E-state index contributed by atoms with van der Waals surface area (Å²) in [6, 6.07) is 4.98. The third-order valence-electron chi connectivity index (χ3n) is 3.54. The Morgan fingerprint density at radius 3 is 2.65 bits per heavy atom. The van der Waals surface area contributed by atoms with Crippen molar-refractivity contribution in [3.63, 3.8) is 0 Å². The van der Waals surface area contributed by atoms with Gasteiger partial charge in [0.1, 0.15) is 0 Å². The SMILES string of the molecule is O=C1CSc2ccc(S(=O)(=O)N3CCCCC3)cc2N1. The lowest BCUT2D eigenvalue weighted by Gasteiger charge is -2.26. The first kappa shape index (κ1) is 13.9. The molecule has 2 aliphatic rings. The minimum atomic E-state index is -3.44. The molecule has 0 bridgehead atoms. The van der Waals surface area contributed by atoms with Crippen molar-refractivity contribution in [3.8, 4) is 0 Å². The van der Waals surface area contributed by atoms with E-state index in [0.29, 0.717) is 24.5 Å². The van der Waals surface area contributed by atoms with E-state index in [1.807, 2.05) is 0 Å². The first-order valence-corrected chi connectivity index (χ1v) is 9.07. The smallest absolute Gasteiger partial charge is 0.243 e. The Balaban J connectivity index is 1.93. The Morgan fingerprint density at radius 1 is 1.15 bits per heavy atom. The number of thioether (sulfide) groups is 1. The molecule has 0 atom stereocenters. The van der Waals surface area contributed by atoms with E-state index in [0.717, 1.165) is 24.2 Å². The Kier molecular flexibility index (Phi) is 3.74. The maximum absolute atomic E-state index is 12.6. The van der Waals surface area contributed by atoms with Gasteiger partial charge < -0.3 is 5.32 Å². The van der Waals surface area contributed by atoms with Gasteiger partial charge in [-0.25, -0.2) is 8.42 Å². The van der Waals surface area contributed by atoms with E-state index in [2.05, 4.69) is 5.32 Å². The number of rotatable bonds is 2. The molecule has 1 N–H and O–H groups in total. The van der Waals surface area contributed by atoms with Crippen molar-refractivity contribution in [1.29, 1.82) is 0 Å².